The highest BCUT2D eigenvalue weighted by molar-refractivity contribution is 7.07. The molecule has 0 saturated heterocycles. The molecule has 40 heavy (non-hydrogen) atoms. The predicted octanol–water partition coefficient (Wildman–Crippen LogP) is 5.78. The van der Waals surface area contributed by atoms with E-state index in [2.05, 4.69) is 72.7 Å². The van der Waals surface area contributed by atoms with Gasteiger partial charge in [-0.25, -0.2) is 4.99 Å². The minimum atomic E-state index is -0.277. The Morgan fingerprint density at radius 2 is 1.82 bits per heavy atom. The molecule has 5 aromatic rings. The van der Waals surface area contributed by atoms with Crippen LogP contribution in [0.5, 0.6) is 5.75 Å². The van der Waals surface area contributed by atoms with Gasteiger partial charge in [-0.15, -0.1) is 6.58 Å². The van der Waals surface area contributed by atoms with Gasteiger partial charge in [0.05, 0.1) is 23.4 Å². The molecule has 1 atom stereocenters. The fourth-order valence-electron chi connectivity index (χ4n) is 6.33. The second-order valence-electron chi connectivity index (χ2n) is 10.3. The lowest BCUT2D eigenvalue weighted by Crippen LogP contribution is -2.39. The van der Waals surface area contributed by atoms with E-state index in [0.717, 1.165) is 62.4 Å². The number of rotatable bonds is 5. The lowest BCUT2D eigenvalue weighted by Gasteiger charge is -2.31. The Labute approximate surface area is 236 Å². The fourth-order valence-corrected chi connectivity index (χ4v) is 7.31. The Balaban J connectivity index is 1.52. The SMILES string of the molecule is C=CCn1c(C)c(/C=c2/sc3n(c2=O)[C@@H](c2ccccc2OC)C2=C(N=3)c3ccccc3CC2)c2ccccc21. The molecule has 2 aliphatic rings. The van der Waals surface area contributed by atoms with Crippen LogP contribution in [0, 0.1) is 6.92 Å². The van der Waals surface area contributed by atoms with Gasteiger partial charge in [-0.2, -0.15) is 0 Å². The first kappa shape index (κ1) is 24.6. The van der Waals surface area contributed by atoms with Crippen molar-refractivity contribution in [2.75, 3.05) is 7.11 Å². The molecule has 1 aliphatic carbocycles. The summed E-state index contributed by atoms with van der Waals surface area (Å²) in [4.78, 5) is 20.2. The van der Waals surface area contributed by atoms with E-state index in [1.165, 1.54) is 22.5 Å². The van der Waals surface area contributed by atoms with E-state index in [1.54, 1.807) is 7.11 Å². The number of aromatic nitrogens is 2. The van der Waals surface area contributed by atoms with E-state index < -0.39 is 0 Å². The van der Waals surface area contributed by atoms with Crippen LogP contribution in [-0.4, -0.2) is 16.2 Å². The zero-order chi connectivity index (χ0) is 27.4. The van der Waals surface area contributed by atoms with E-state index in [0.29, 0.717) is 11.1 Å². The van der Waals surface area contributed by atoms with Crippen LogP contribution < -0.4 is 19.6 Å². The maximum atomic E-state index is 14.3. The molecule has 0 amide bonds. The molecule has 198 valence electrons. The number of hydrogen-bond donors (Lipinski definition) is 0. The van der Waals surface area contributed by atoms with Crippen molar-refractivity contribution < 1.29 is 4.74 Å². The van der Waals surface area contributed by atoms with Gasteiger partial charge in [-0.05, 0) is 49.1 Å². The number of fused-ring (bicyclic) bond motifs is 4. The maximum Gasteiger partial charge on any atom is 0.271 e. The standard InChI is InChI=1S/C34H29N3O2S/c1-4-19-36-21(2)27(24-13-7-9-15-28(24)36)20-30-33(38)37-32(25-14-8-10-16-29(25)39-3)26-18-17-22-11-5-6-12-23(22)31(26)35-34(37)40-30/h4-16,20,32H,1,17-19H2,2-3H3/b30-20+/t32-/m0/s1. The van der Waals surface area contributed by atoms with Crippen molar-refractivity contribution in [3.63, 3.8) is 0 Å². The van der Waals surface area contributed by atoms with Crippen molar-refractivity contribution >= 4 is 34.0 Å². The van der Waals surface area contributed by atoms with Crippen molar-refractivity contribution in [1.82, 2.24) is 9.13 Å². The second kappa shape index (κ2) is 9.65. The zero-order valence-corrected chi connectivity index (χ0v) is 23.4. The summed E-state index contributed by atoms with van der Waals surface area (Å²) in [5.41, 5.74) is 8.89. The van der Waals surface area contributed by atoms with Crippen LogP contribution in [0.1, 0.15) is 40.4 Å². The highest BCUT2D eigenvalue weighted by Gasteiger charge is 2.34. The third-order valence-corrected chi connectivity index (χ3v) is 9.16. The molecule has 3 heterocycles. The number of aryl methyl sites for hydroxylation is 1. The van der Waals surface area contributed by atoms with Gasteiger partial charge in [0.25, 0.3) is 5.56 Å². The quantitative estimate of drug-likeness (QED) is 0.264. The number of para-hydroxylation sites is 2. The Morgan fingerprint density at radius 1 is 1.05 bits per heavy atom. The topological polar surface area (TPSA) is 48.5 Å². The van der Waals surface area contributed by atoms with Crippen molar-refractivity contribution in [3.8, 4) is 5.75 Å². The molecule has 0 saturated carbocycles. The van der Waals surface area contributed by atoms with Gasteiger partial charge in [0.15, 0.2) is 4.80 Å². The summed E-state index contributed by atoms with van der Waals surface area (Å²) in [6.45, 7) is 6.77. The lowest BCUT2D eigenvalue weighted by atomic mass is 9.83. The first-order valence-corrected chi connectivity index (χ1v) is 14.4. The largest absolute Gasteiger partial charge is 0.496 e. The molecule has 0 fully saturated rings. The monoisotopic (exact) mass is 543 g/mol. The molecule has 2 aromatic heterocycles. The molecule has 6 heteroatoms. The van der Waals surface area contributed by atoms with Crippen molar-refractivity contribution in [3.05, 3.63) is 139 Å². The molecular weight excluding hydrogens is 514 g/mol. The molecule has 0 spiro atoms. The third-order valence-electron chi connectivity index (χ3n) is 8.17. The second-order valence-corrected chi connectivity index (χ2v) is 11.3. The normalized spacial score (nSPS) is 16.4. The van der Waals surface area contributed by atoms with Gasteiger partial charge in [0, 0.05) is 39.8 Å². The fraction of sp³-hybridized carbons (Fsp3) is 0.176. The van der Waals surface area contributed by atoms with E-state index >= 15 is 0 Å². The average molecular weight is 544 g/mol. The van der Waals surface area contributed by atoms with Crippen LogP contribution >= 0.6 is 11.3 Å². The Bertz CT molecular complexity index is 2040. The van der Waals surface area contributed by atoms with E-state index in [4.69, 9.17) is 9.73 Å². The summed E-state index contributed by atoms with van der Waals surface area (Å²) in [5.74, 6) is 0.776. The molecule has 7 rings (SSSR count). The Morgan fingerprint density at radius 3 is 2.67 bits per heavy atom. The lowest BCUT2D eigenvalue weighted by molar-refractivity contribution is 0.402. The summed E-state index contributed by atoms with van der Waals surface area (Å²) >= 11 is 1.46. The van der Waals surface area contributed by atoms with E-state index in [-0.39, 0.29) is 11.6 Å². The molecule has 1 aliphatic heterocycles. The summed E-state index contributed by atoms with van der Waals surface area (Å²) in [6.07, 6.45) is 5.73. The van der Waals surface area contributed by atoms with Gasteiger partial charge < -0.3 is 9.30 Å². The average Bonchev–Trinajstić information content (AvgIpc) is 3.44. The highest BCUT2D eigenvalue weighted by Crippen LogP contribution is 2.43. The van der Waals surface area contributed by atoms with Crippen LogP contribution in [0.15, 0.2) is 101 Å². The Hall–Kier alpha value is -4.42. The van der Waals surface area contributed by atoms with E-state index in [1.807, 2.05) is 34.9 Å². The van der Waals surface area contributed by atoms with Gasteiger partial charge in [-0.1, -0.05) is 78.1 Å². The van der Waals surface area contributed by atoms with Crippen LogP contribution in [0.25, 0.3) is 22.7 Å². The van der Waals surface area contributed by atoms with Crippen LogP contribution in [0.2, 0.25) is 0 Å². The first-order valence-electron chi connectivity index (χ1n) is 13.6. The van der Waals surface area contributed by atoms with Gasteiger partial charge in [-0.3, -0.25) is 9.36 Å². The van der Waals surface area contributed by atoms with Gasteiger partial charge >= 0.3 is 0 Å². The number of benzene rings is 3. The molecular formula is C34H29N3O2S. The molecule has 0 unspecified atom stereocenters. The molecule has 0 radical (unpaired) electrons. The summed E-state index contributed by atoms with van der Waals surface area (Å²) in [5, 5.41) is 1.13. The van der Waals surface area contributed by atoms with Gasteiger partial charge in [0.1, 0.15) is 5.75 Å². The molecule has 5 nitrogen and oxygen atoms in total. The maximum absolute atomic E-state index is 14.3. The zero-order valence-electron chi connectivity index (χ0n) is 22.6. The molecule has 3 aromatic carbocycles. The van der Waals surface area contributed by atoms with Crippen molar-refractivity contribution in [2.45, 2.75) is 32.4 Å². The summed E-state index contributed by atoms with van der Waals surface area (Å²) in [6, 6.07) is 24.6. The van der Waals surface area contributed by atoms with Crippen LogP contribution in [0.3, 0.4) is 0 Å². The number of nitrogens with zero attached hydrogens (tertiary/aromatic N) is 3. The van der Waals surface area contributed by atoms with Gasteiger partial charge in [0.2, 0.25) is 0 Å². The van der Waals surface area contributed by atoms with Crippen molar-refractivity contribution in [2.24, 2.45) is 4.99 Å². The van der Waals surface area contributed by atoms with Crippen LogP contribution in [-0.2, 0) is 13.0 Å². The number of methoxy groups -OCH3 is 1. The number of allylic oxidation sites excluding steroid dienone is 2. The van der Waals surface area contributed by atoms with E-state index in [9.17, 15) is 4.79 Å². The summed E-state index contributed by atoms with van der Waals surface area (Å²) < 4.78 is 10.6. The number of ether oxygens (including phenoxy) is 1. The molecule has 0 bridgehead atoms. The van der Waals surface area contributed by atoms with Crippen LogP contribution in [0.4, 0.5) is 0 Å². The summed E-state index contributed by atoms with van der Waals surface area (Å²) in [7, 11) is 1.69. The number of thiazole rings is 1. The first-order chi connectivity index (χ1) is 19.6. The number of hydrogen-bond acceptors (Lipinski definition) is 4. The minimum absolute atomic E-state index is 0.0231. The molecule has 0 N–H and O–H groups in total. The highest BCUT2D eigenvalue weighted by atomic mass is 32.1. The minimum Gasteiger partial charge on any atom is -0.496 e. The predicted molar refractivity (Wildman–Crippen MR) is 163 cm³/mol. The third kappa shape index (κ3) is 3.67. The van der Waals surface area contributed by atoms with Crippen molar-refractivity contribution in [1.29, 1.82) is 0 Å². The Kier molecular flexibility index (Phi) is 5.93. The smallest absolute Gasteiger partial charge is 0.271 e.